The Morgan fingerprint density at radius 1 is 1.28 bits per heavy atom. The Bertz CT molecular complexity index is 1080. The first-order chi connectivity index (χ1) is 14.0. The van der Waals surface area contributed by atoms with E-state index in [4.69, 9.17) is 4.74 Å². The van der Waals surface area contributed by atoms with E-state index in [1.165, 1.54) is 11.8 Å². The van der Waals surface area contributed by atoms with Crippen molar-refractivity contribution in [1.82, 2.24) is 14.9 Å². The number of nitrogens with zero attached hydrogens (tertiary/aromatic N) is 2. The molecule has 0 aliphatic heterocycles. The summed E-state index contributed by atoms with van der Waals surface area (Å²) in [5, 5.41) is 3.42. The van der Waals surface area contributed by atoms with Crippen LogP contribution in [-0.2, 0) is 11.3 Å². The van der Waals surface area contributed by atoms with E-state index in [9.17, 15) is 9.59 Å². The maximum atomic E-state index is 13.2. The summed E-state index contributed by atoms with van der Waals surface area (Å²) in [6.45, 7) is 6.15. The second-order valence-electron chi connectivity index (χ2n) is 6.44. The number of methoxy groups -OCH3 is 1. The summed E-state index contributed by atoms with van der Waals surface area (Å²) in [4.78, 5) is 30.1. The number of fused-ring (bicyclic) bond motifs is 1. The second kappa shape index (κ2) is 9.43. The minimum Gasteiger partial charge on any atom is -0.497 e. The number of nitrogens with one attached hydrogen (secondary N) is 1. The molecule has 6 nitrogen and oxygen atoms in total. The Kier molecular flexibility index (Phi) is 6.72. The summed E-state index contributed by atoms with van der Waals surface area (Å²) in [6, 6.07) is 14.8. The fourth-order valence-corrected chi connectivity index (χ4v) is 3.75. The molecule has 1 atom stereocenters. The molecule has 29 heavy (non-hydrogen) atoms. The number of benzene rings is 2. The molecule has 7 heteroatoms. The Labute approximate surface area is 173 Å². The molecule has 0 saturated heterocycles. The summed E-state index contributed by atoms with van der Waals surface area (Å²) >= 11 is 1.27. The van der Waals surface area contributed by atoms with Gasteiger partial charge >= 0.3 is 0 Å². The minimum absolute atomic E-state index is 0.131. The van der Waals surface area contributed by atoms with Crippen LogP contribution < -0.4 is 15.6 Å². The van der Waals surface area contributed by atoms with Crippen molar-refractivity contribution in [1.29, 1.82) is 0 Å². The van der Waals surface area contributed by atoms with Gasteiger partial charge in [0.1, 0.15) is 5.75 Å². The van der Waals surface area contributed by atoms with Crippen LogP contribution in [0.15, 0.2) is 71.1 Å². The molecular weight excluding hydrogens is 386 g/mol. The predicted molar refractivity (Wildman–Crippen MR) is 117 cm³/mol. The monoisotopic (exact) mass is 409 g/mol. The van der Waals surface area contributed by atoms with Crippen molar-refractivity contribution in [2.24, 2.45) is 0 Å². The topological polar surface area (TPSA) is 73.2 Å². The van der Waals surface area contributed by atoms with Crippen LogP contribution >= 0.6 is 11.8 Å². The van der Waals surface area contributed by atoms with Crippen molar-refractivity contribution in [3.8, 4) is 5.75 Å². The SMILES string of the molecule is C=CCNC(=O)[C@@H](C)Sc1nc2ccccc2c(=O)n1Cc1ccc(OC)cc1. The van der Waals surface area contributed by atoms with Gasteiger partial charge in [0.25, 0.3) is 5.56 Å². The van der Waals surface area contributed by atoms with Crippen LogP contribution in [0.3, 0.4) is 0 Å². The third-order valence-electron chi connectivity index (χ3n) is 4.40. The molecule has 1 aromatic heterocycles. The second-order valence-corrected chi connectivity index (χ2v) is 7.75. The Morgan fingerprint density at radius 3 is 2.69 bits per heavy atom. The summed E-state index contributed by atoms with van der Waals surface area (Å²) in [5.74, 6) is 0.619. The third kappa shape index (κ3) is 4.86. The van der Waals surface area contributed by atoms with Crippen LogP contribution in [-0.4, -0.2) is 34.4 Å². The van der Waals surface area contributed by atoms with E-state index in [1.54, 1.807) is 36.8 Å². The summed E-state index contributed by atoms with van der Waals surface area (Å²) in [7, 11) is 1.61. The number of carbonyl (C=O) groups excluding carboxylic acids is 1. The van der Waals surface area contributed by atoms with E-state index >= 15 is 0 Å². The van der Waals surface area contributed by atoms with E-state index in [0.717, 1.165) is 11.3 Å². The molecule has 0 saturated carbocycles. The predicted octanol–water partition coefficient (Wildman–Crippen LogP) is 3.24. The van der Waals surface area contributed by atoms with Gasteiger partial charge in [-0.2, -0.15) is 0 Å². The number of ether oxygens (including phenoxy) is 1. The van der Waals surface area contributed by atoms with Crippen LogP contribution in [0.4, 0.5) is 0 Å². The van der Waals surface area contributed by atoms with Gasteiger partial charge < -0.3 is 10.1 Å². The van der Waals surface area contributed by atoms with Crippen molar-refractivity contribution in [3.05, 3.63) is 77.1 Å². The van der Waals surface area contributed by atoms with Gasteiger partial charge in [0, 0.05) is 6.54 Å². The van der Waals surface area contributed by atoms with Crippen LogP contribution in [0.2, 0.25) is 0 Å². The summed E-state index contributed by atoms with van der Waals surface area (Å²) in [5.41, 5.74) is 1.42. The molecule has 1 heterocycles. The molecule has 0 aliphatic rings. The van der Waals surface area contributed by atoms with E-state index in [2.05, 4.69) is 16.9 Å². The number of thioether (sulfide) groups is 1. The molecule has 3 rings (SSSR count). The maximum absolute atomic E-state index is 13.2. The highest BCUT2D eigenvalue weighted by atomic mass is 32.2. The molecule has 1 amide bonds. The molecule has 0 unspecified atom stereocenters. The Hall–Kier alpha value is -3.06. The quantitative estimate of drug-likeness (QED) is 0.351. The van der Waals surface area contributed by atoms with Gasteiger partial charge in [-0.25, -0.2) is 4.98 Å². The highest BCUT2D eigenvalue weighted by Crippen LogP contribution is 2.24. The van der Waals surface area contributed by atoms with E-state index in [0.29, 0.717) is 29.1 Å². The molecular formula is C22H23N3O3S. The zero-order chi connectivity index (χ0) is 20.8. The van der Waals surface area contributed by atoms with E-state index in [1.807, 2.05) is 36.4 Å². The lowest BCUT2D eigenvalue weighted by Crippen LogP contribution is -2.32. The number of para-hydroxylation sites is 1. The molecule has 3 aromatic rings. The van der Waals surface area contributed by atoms with Crippen molar-refractivity contribution in [2.45, 2.75) is 23.9 Å². The van der Waals surface area contributed by atoms with E-state index < -0.39 is 5.25 Å². The van der Waals surface area contributed by atoms with Crippen molar-refractivity contribution in [3.63, 3.8) is 0 Å². The molecule has 0 bridgehead atoms. The third-order valence-corrected chi connectivity index (χ3v) is 5.49. The smallest absolute Gasteiger partial charge is 0.262 e. The Balaban J connectivity index is 1.99. The lowest BCUT2D eigenvalue weighted by molar-refractivity contribution is -0.120. The van der Waals surface area contributed by atoms with Crippen molar-refractivity contribution in [2.75, 3.05) is 13.7 Å². The fraction of sp³-hybridized carbons (Fsp3) is 0.227. The first-order valence-electron chi connectivity index (χ1n) is 9.21. The van der Waals surface area contributed by atoms with Gasteiger partial charge in [-0.1, -0.05) is 42.1 Å². The fourth-order valence-electron chi connectivity index (χ4n) is 2.82. The number of aromatic nitrogens is 2. The number of carbonyl (C=O) groups is 1. The number of hydrogen-bond acceptors (Lipinski definition) is 5. The molecule has 0 fully saturated rings. The van der Waals surface area contributed by atoms with Crippen LogP contribution in [0.5, 0.6) is 5.75 Å². The summed E-state index contributed by atoms with van der Waals surface area (Å²) in [6.07, 6.45) is 1.63. The lowest BCUT2D eigenvalue weighted by Gasteiger charge is -2.16. The van der Waals surface area contributed by atoms with Gasteiger partial charge in [-0.05, 0) is 36.8 Å². The molecule has 0 aliphatic carbocycles. The highest BCUT2D eigenvalue weighted by molar-refractivity contribution is 8.00. The number of hydrogen-bond donors (Lipinski definition) is 1. The normalized spacial score (nSPS) is 11.8. The van der Waals surface area contributed by atoms with Crippen LogP contribution in [0, 0.1) is 0 Å². The van der Waals surface area contributed by atoms with Gasteiger partial charge in [0.05, 0.1) is 29.8 Å². The highest BCUT2D eigenvalue weighted by Gasteiger charge is 2.19. The molecule has 1 N–H and O–H groups in total. The van der Waals surface area contributed by atoms with E-state index in [-0.39, 0.29) is 11.5 Å². The first kappa shape index (κ1) is 20.7. The van der Waals surface area contributed by atoms with Crippen LogP contribution in [0.25, 0.3) is 10.9 Å². The minimum atomic E-state index is -0.412. The Morgan fingerprint density at radius 2 is 2.00 bits per heavy atom. The van der Waals surface area contributed by atoms with Gasteiger partial charge in [-0.3, -0.25) is 14.2 Å². The largest absolute Gasteiger partial charge is 0.497 e. The molecule has 2 aromatic carbocycles. The number of rotatable bonds is 8. The zero-order valence-corrected chi connectivity index (χ0v) is 17.2. The van der Waals surface area contributed by atoms with Crippen molar-refractivity contribution >= 4 is 28.6 Å². The molecule has 0 radical (unpaired) electrons. The lowest BCUT2D eigenvalue weighted by atomic mass is 10.2. The van der Waals surface area contributed by atoms with Crippen molar-refractivity contribution < 1.29 is 9.53 Å². The van der Waals surface area contributed by atoms with Gasteiger partial charge in [0.2, 0.25) is 5.91 Å². The van der Waals surface area contributed by atoms with Gasteiger partial charge in [-0.15, -0.1) is 6.58 Å². The molecule has 0 spiro atoms. The summed E-state index contributed by atoms with van der Waals surface area (Å²) < 4.78 is 6.82. The van der Waals surface area contributed by atoms with Gasteiger partial charge in [0.15, 0.2) is 5.16 Å². The average Bonchev–Trinajstić information content (AvgIpc) is 2.75. The maximum Gasteiger partial charge on any atom is 0.262 e. The number of amides is 1. The van der Waals surface area contributed by atoms with Crippen LogP contribution in [0.1, 0.15) is 12.5 Å². The average molecular weight is 410 g/mol. The first-order valence-corrected chi connectivity index (χ1v) is 10.1. The standard InChI is InChI=1S/C22H23N3O3S/c1-4-13-23-20(26)15(2)29-22-24-19-8-6-5-7-18(19)21(27)25(22)14-16-9-11-17(28-3)12-10-16/h4-12,15H,1,13-14H2,2-3H3,(H,23,26)/t15-/m1/s1. The zero-order valence-electron chi connectivity index (χ0n) is 16.4. The molecule has 150 valence electrons.